The van der Waals surface area contributed by atoms with Crippen molar-refractivity contribution >= 4 is 11.6 Å². The lowest BCUT2D eigenvalue weighted by molar-refractivity contribution is 0.537. The van der Waals surface area contributed by atoms with E-state index in [0.717, 1.165) is 18.7 Å². The predicted octanol–water partition coefficient (Wildman–Crippen LogP) is 3.63. The van der Waals surface area contributed by atoms with Crippen molar-refractivity contribution in [2.75, 3.05) is 6.54 Å². The van der Waals surface area contributed by atoms with E-state index in [0.29, 0.717) is 5.02 Å². The Kier molecular flexibility index (Phi) is 4.73. The minimum Gasteiger partial charge on any atom is -0.309 e. The van der Waals surface area contributed by atoms with E-state index < -0.39 is 0 Å². The van der Waals surface area contributed by atoms with E-state index in [2.05, 4.69) is 41.5 Å². The maximum absolute atomic E-state index is 5.87. The van der Waals surface area contributed by atoms with Crippen LogP contribution in [0, 0.1) is 0 Å². The zero-order chi connectivity index (χ0) is 12.8. The Labute approximate surface area is 113 Å². The molecule has 0 spiro atoms. The van der Waals surface area contributed by atoms with Crippen LogP contribution in [0.4, 0.5) is 0 Å². The Morgan fingerprint density at radius 1 is 1.17 bits per heavy atom. The van der Waals surface area contributed by atoms with Crippen molar-refractivity contribution < 1.29 is 0 Å². The molecule has 2 nitrogen and oxygen atoms in total. The second kappa shape index (κ2) is 6.53. The van der Waals surface area contributed by atoms with Gasteiger partial charge in [-0.15, -0.1) is 0 Å². The molecule has 2 rings (SSSR count). The lowest BCUT2D eigenvalue weighted by Gasteiger charge is -2.17. The number of benzene rings is 1. The van der Waals surface area contributed by atoms with Crippen molar-refractivity contribution in [2.45, 2.75) is 19.4 Å². The number of pyridine rings is 1. The maximum atomic E-state index is 5.87. The number of nitrogens with one attached hydrogen (secondary N) is 1. The van der Waals surface area contributed by atoms with Gasteiger partial charge in [0.2, 0.25) is 0 Å². The molecule has 3 heteroatoms. The Hall–Kier alpha value is -1.38. The molecule has 0 saturated carbocycles. The topological polar surface area (TPSA) is 24.9 Å². The van der Waals surface area contributed by atoms with Crippen molar-refractivity contribution in [3.63, 3.8) is 0 Å². The van der Waals surface area contributed by atoms with Crippen molar-refractivity contribution in [2.24, 2.45) is 0 Å². The molecule has 1 aromatic heterocycles. The SMILES string of the molecule is CCNC(Cc1ccccc1)c1ccc(Cl)cn1. The van der Waals surface area contributed by atoms with E-state index in [4.69, 9.17) is 11.6 Å². The summed E-state index contributed by atoms with van der Waals surface area (Å²) in [7, 11) is 0. The van der Waals surface area contributed by atoms with Crippen molar-refractivity contribution in [1.29, 1.82) is 0 Å². The average molecular weight is 261 g/mol. The first-order valence-electron chi connectivity index (χ1n) is 6.18. The van der Waals surface area contributed by atoms with Gasteiger partial charge in [-0.3, -0.25) is 4.98 Å². The molecule has 0 amide bonds. The van der Waals surface area contributed by atoms with E-state index in [-0.39, 0.29) is 6.04 Å². The fourth-order valence-electron chi connectivity index (χ4n) is 1.97. The number of likely N-dealkylation sites (N-methyl/N-ethyl adjacent to an activating group) is 1. The van der Waals surface area contributed by atoms with Gasteiger partial charge in [0, 0.05) is 6.20 Å². The molecule has 1 atom stereocenters. The Bertz CT molecular complexity index is 468. The predicted molar refractivity (Wildman–Crippen MR) is 75.8 cm³/mol. The van der Waals surface area contributed by atoms with Crippen LogP contribution in [-0.2, 0) is 6.42 Å². The van der Waals surface area contributed by atoms with Gasteiger partial charge in [-0.2, -0.15) is 0 Å². The van der Waals surface area contributed by atoms with E-state index in [1.807, 2.05) is 18.2 Å². The highest BCUT2D eigenvalue weighted by Gasteiger charge is 2.12. The Morgan fingerprint density at radius 2 is 1.94 bits per heavy atom. The van der Waals surface area contributed by atoms with Crippen LogP contribution in [0.15, 0.2) is 48.7 Å². The largest absolute Gasteiger partial charge is 0.309 e. The molecular formula is C15H17ClN2. The molecule has 0 bridgehead atoms. The summed E-state index contributed by atoms with van der Waals surface area (Å²) in [5.41, 5.74) is 2.34. The van der Waals surface area contributed by atoms with Crippen LogP contribution in [0.25, 0.3) is 0 Å². The summed E-state index contributed by atoms with van der Waals surface area (Å²) in [4.78, 5) is 4.40. The third kappa shape index (κ3) is 3.56. The van der Waals surface area contributed by atoms with Crippen LogP contribution in [0.5, 0.6) is 0 Å². The fourth-order valence-corrected chi connectivity index (χ4v) is 2.08. The molecule has 0 saturated heterocycles. The summed E-state index contributed by atoms with van der Waals surface area (Å²) < 4.78 is 0. The third-order valence-corrected chi connectivity index (χ3v) is 3.06. The summed E-state index contributed by atoms with van der Waals surface area (Å²) >= 11 is 5.87. The third-order valence-electron chi connectivity index (χ3n) is 2.84. The van der Waals surface area contributed by atoms with Crippen LogP contribution in [0.3, 0.4) is 0 Å². The molecule has 0 aliphatic carbocycles. The first-order chi connectivity index (χ1) is 8.79. The molecule has 1 heterocycles. The van der Waals surface area contributed by atoms with Gasteiger partial charge < -0.3 is 5.32 Å². The van der Waals surface area contributed by atoms with Crippen molar-refractivity contribution in [3.8, 4) is 0 Å². The van der Waals surface area contributed by atoms with Crippen molar-refractivity contribution in [3.05, 3.63) is 64.9 Å². The van der Waals surface area contributed by atoms with Crippen LogP contribution in [0.1, 0.15) is 24.2 Å². The minimum atomic E-state index is 0.231. The van der Waals surface area contributed by atoms with E-state index in [1.165, 1.54) is 5.56 Å². The number of hydrogen-bond acceptors (Lipinski definition) is 2. The first-order valence-corrected chi connectivity index (χ1v) is 6.56. The van der Waals surface area contributed by atoms with Gasteiger partial charge in [0.05, 0.1) is 16.8 Å². The van der Waals surface area contributed by atoms with Gasteiger partial charge in [-0.1, -0.05) is 48.9 Å². The van der Waals surface area contributed by atoms with Gasteiger partial charge in [-0.05, 0) is 30.7 Å². The van der Waals surface area contributed by atoms with Gasteiger partial charge in [-0.25, -0.2) is 0 Å². The smallest absolute Gasteiger partial charge is 0.0589 e. The molecule has 0 aliphatic heterocycles. The number of rotatable bonds is 5. The number of nitrogens with zero attached hydrogens (tertiary/aromatic N) is 1. The minimum absolute atomic E-state index is 0.231. The first kappa shape index (κ1) is 13.1. The molecule has 0 aliphatic rings. The quantitative estimate of drug-likeness (QED) is 0.888. The second-order valence-electron chi connectivity index (χ2n) is 4.20. The standard InChI is InChI=1S/C15H17ClN2/c1-2-17-15(10-12-6-4-3-5-7-12)14-9-8-13(16)11-18-14/h3-9,11,15,17H,2,10H2,1H3. The Balaban J connectivity index is 2.15. The van der Waals surface area contributed by atoms with Crippen LogP contribution < -0.4 is 5.32 Å². The maximum Gasteiger partial charge on any atom is 0.0589 e. The second-order valence-corrected chi connectivity index (χ2v) is 4.64. The summed E-state index contributed by atoms with van der Waals surface area (Å²) in [6, 6.07) is 14.5. The number of halogens is 1. The normalized spacial score (nSPS) is 12.3. The average Bonchev–Trinajstić information content (AvgIpc) is 2.40. The van der Waals surface area contributed by atoms with Crippen LogP contribution in [-0.4, -0.2) is 11.5 Å². The summed E-state index contributed by atoms with van der Waals surface area (Å²) in [6.45, 7) is 3.02. The lowest BCUT2D eigenvalue weighted by Crippen LogP contribution is -2.23. The molecular weight excluding hydrogens is 244 g/mol. The fraction of sp³-hybridized carbons (Fsp3) is 0.267. The molecule has 0 fully saturated rings. The van der Waals surface area contributed by atoms with Crippen LogP contribution in [0.2, 0.25) is 5.02 Å². The van der Waals surface area contributed by atoms with Crippen molar-refractivity contribution in [1.82, 2.24) is 10.3 Å². The Morgan fingerprint density at radius 3 is 2.56 bits per heavy atom. The molecule has 1 aromatic carbocycles. The van der Waals surface area contributed by atoms with Gasteiger partial charge >= 0.3 is 0 Å². The summed E-state index contributed by atoms with van der Waals surface area (Å²) in [6.07, 6.45) is 2.63. The molecule has 1 unspecified atom stereocenters. The van der Waals surface area contributed by atoms with Gasteiger partial charge in [0.25, 0.3) is 0 Å². The molecule has 2 aromatic rings. The molecule has 94 valence electrons. The molecule has 1 N–H and O–H groups in total. The highest BCUT2D eigenvalue weighted by Crippen LogP contribution is 2.18. The summed E-state index contributed by atoms with van der Waals surface area (Å²) in [5, 5.41) is 4.14. The monoisotopic (exact) mass is 260 g/mol. The highest BCUT2D eigenvalue weighted by atomic mass is 35.5. The zero-order valence-corrected chi connectivity index (χ0v) is 11.2. The number of hydrogen-bond donors (Lipinski definition) is 1. The van der Waals surface area contributed by atoms with E-state index in [1.54, 1.807) is 6.20 Å². The number of aromatic nitrogens is 1. The lowest BCUT2D eigenvalue weighted by atomic mass is 10.0. The highest BCUT2D eigenvalue weighted by molar-refractivity contribution is 6.30. The zero-order valence-electron chi connectivity index (χ0n) is 10.4. The van der Waals surface area contributed by atoms with E-state index in [9.17, 15) is 0 Å². The summed E-state index contributed by atoms with van der Waals surface area (Å²) in [5.74, 6) is 0. The van der Waals surface area contributed by atoms with E-state index >= 15 is 0 Å². The van der Waals surface area contributed by atoms with Crippen LogP contribution >= 0.6 is 11.6 Å². The van der Waals surface area contributed by atoms with Gasteiger partial charge in [0.15, 0.2) is 0 Å². The molecule has 0 radical (unpaired) electrons. The van der Waals surface area contributed by atoms with Gasteiger partial charge in [0.1, 0.15) is 0 Å². The molecule has 18 heavy (non-hydrogen) atoms.